The first kappa shape index (κ1) is 17.8. The molecule has 0 bridgehead atoms. The number of cyclic esters (lactones) is 1. The Morgan fingerprint density at radius 1 is 1.23 bits per heavy atom. The zero-order valence-corrected chi connectivity index (χ0v) is 16.0. The summed E-state index contributed by atoms with van der Waals surface area (Å²) in [5.74, 6) is 0.416. The zero-order valence-electron chi connectivity index (χ0n) is 16.0. The predicted molar refractivity (Wildman–Crippen MR) is 94.9 cm³/mol. The average Bonchev–Trinajstić information content (AvgIpc) is 3.09. The van der Waals surface area contributed by atoms with Gasteiger partial charge in [0.1, 0.15) is 6.10 Å². The minimum absolute atomic E-state index is 0.0110. The Balaban J connectivity index is 1.60. The van der Waals surface area contributed by atoms with Crippen LogP contribution in [0.4, 0.5) is 0 Å². The lowest BCUT2D eigenvalue weighted by atomic mass is 9.46. The smallest absolute Gasteiger partial charge is 0.336 e. The third-order valence-electron chi connectivity index (χ3n) is 7.72. The minimum atomic E-state index is -0.555. The third kappa shape index (κ3) is 2.32. The van der Waals surface area contributed by atoms with Gasteiger partial charge in [-0.1, -0.05) is 26.8 Å². The van der Waals surface area contributed by atoms with E-state index < -0.39 is 6.29 Å². The SMILES string of the molecule is COC1C=C(CC[C@@]2(C)[C@H](C)C[C@@H]3OC(=O)C4=CCC[C@H]2[C@@]43C)C(=O)O1. The largest absolute Gasteiger partial charge is 0.458 e. The molecule has 0 N–H and O–H groups in total. The highest BCUT2D eigenvalue weighted by molar-refractivity contribution is 5.93. The van der Waals surface area contributed by atoms with Crippen molar-refractivity contribution in [1.82, 2.24) is 0 Å². The standard InChI is InChI=1S/C21H28O5/c1-12-10-16-21(3)14(19(23)25-16)6-5-7-15(21)20(12,2)9-8-13-11-17(24-4)26-18(13)22/h6,11-12,15-17H,5,7-10H2,1-4H3/t12-,15-,16+,17?,20+,21-/m1/s1. The van der Waals surface area contributed by atoms with Gasteiger partial charge in [0.15, 0.2) is 0 Å². The summed E-state index contributed by atoms with van der Waals surface area (Å²) in [6, 6.07) is 0. The fraction of sp³-hybridized carbons (Fsp3) is 0.714. The van der Waals surface area contributed by atoms with Crippen LogP contribution in [0.3, 0.4) is 0 Å². The first-order valence-electron chi connectivity index (χ1n) is 9.66. The second-order valence-electron chi connectivity index (χ2n) is 8.77. The normalized spacial score (nSPS) is 44.2. The lowest BCUT2D eigenvalue weighted by Gasteiger charge is -2.57. The van der Waals surface area contributed by atoms with Crippen LogP contribution >= 0.6 is 0 Å². The summed E-state index contributed by atoms with van der Waals surface area (Å²) >= 11 is 0. The van der Waals surface area contributed by atoms with Crippen LogP contribution in [0.25, 0.3) is 0 Å². The fourth-order valence-electron chi connectivity index (χ4n) is 5.93. The molecule has 1 saturated heterocycles. The van der Waals surface area contributed by atoms with Crippen molar-refractivity contribution in [3.05, 3.63) is 23.3 Å². The highest BCUT2D eigenvalue weighted by Gasteiger charge is 2.64. The van der Waals surface area contributed by atoms with E-state index in [0.29, 0.717) is 23.8 Å². The number of rotatable bonds is 4. The van der Waals surface area contributed by atoms with Crippen molar-refractivity contribution in [2.75, 3.05) is 7.11 Å². The van der Waals surface area contributed by atoms with Gasteiger partial charge >= 0.3 is 11.9 Å². The molecular weight excluding hydrogens is 332 g/mol. The number of ether oxygens (including phenoxy) is 3. The Bertz CT molecular complexity index is 707. The molecule has 2 aliphatic heterocycles. The van der Waals surface area contributed by atoms with Gasteiger partial charge in [0.2, 0.25) is 6.29 Å². The Kier molecular flexibility index (Phi) is 4.07. The summed E-state index contributed by atoms with van der Waals surface area (Å²) in [5, 5.41) is 0. The first-order chi connectivity index (χ1) is 12.3. The fourth-order valence-corrected chi connectivity index (χ4v) is 5.93. The Morgan fingerprint density at radius 2 is 2.00 bits per heavy atom. The van der Waals surface area contributed by atoms with Crippen LogP contribution in [0.5, 0.6) is 0 Å². The van der Waals surface area contributed by atoms with E-state index in [0.717, 1.165) is 31.3 Å². The molecule has 4 rings (SSSR count). The summed E-state index contributed by atoms with van der Waals surface area (Å²) in [7, 11) is 1.54. The lowest BCUT2D eigenvalue weighted by Crippen LogP contribution is -2.54. The van der Waals surface area contributed by atoms with E-state index >= 15 is 0 Å². The van der Waals surface area contributed by atoms with E-state index in [2.05, 4.69) is 26.8 Å². The molecule has 2 aliphatic carbocycles. The molecule has 6 atom stereocenters. The van der Waals surface area contributed by atoms with Crippen molar-refractivity contribution in [3.63, 3.8) is 0 Å². The van der Waals surface area contributed by atoms with Crippen molar-refractivity contribution >= 4 is 11.9 Å². The summed E-state index contributed by atoms with van der Waals surface area (Å²) in [5.41, 5.74) is 1.44. The number of carbonyl (C=O) groups excluding carboxylic acids is 2. The van der Waals surface area contributed by atoms with E-state index in [4.69, 9.17) is 14.2 Å². The third-order valence-corrected chi connectivity index (χ3v) is 7.72. The Labute approximate surface area is 154 Å². The maximum Gasteiger partial charge on any atom is 0.336 e. The highest BCUT2D eigenvalue weighted by atomic mass is 16.7. The van der Waals surface area contributed by atoms with Gasteiger partial charge < -0.3 is 14.2 Å². The molecule has 0 spiro atoms. The Hall–Kier alpha value is -1.62. The van der Waals surface area contributed by atoms with Crippen LogP contribution in [-0.2, 0) is 23.8 Å². The van der Waals surface area contributed by atoms with Crippen LogP contribution in [0, 0.1) is 22.7 Å². The van der Waals surface area contributed by atoms with Crippen molar-refractivity contribution < 1.29 is 23.8 Å². The van der Waals surface area contributed by atoms with Crippen LogP contribution in [0.2, 0.25) is 0 Å². The van der Waals surface area contributed by atoms with Crippen LogP contribution in [0.1, 0.15) is 52.9 Å². The predicted octanol–water partition coefficient (Wildman–Crippen LogP) is 3.54. The van der Waals surface area contributed by atoms with Crippen molar-refractivity contribution in [1.29, 1.82) is 0 Å². The van der Waals surface area contributed by atoms with Crippen LogP contribution in [-0.4, -0.2) is 31.4 Å². The molecule has 142 valence electrons. The van der Waals surface area contributed by atoms with Gasteiger partial charge in [-0.3, -0.25) is 0 Å². The summed E-state index contributed by atoms with van der Waals surface area (Å²) < 4.78 is 16.1. The molecule has 2 fully saturated rings. The van der Waals surface area contributed by atoms with E-state index in [1.165, 1.54) is 7.11 Å². The molecule has 1 unspecified atom stereocenters. The molecule has 5 heteroatoms. The van der Waals surface area contributed by atoms with E-state index in [9.17, 15) is 9.59 Å². The minimum Gasteiger partial charge on any atom is -0.458 e. The second-order valence-corrected chi connectivity index (χ2v) is 8.77. The van der Waals surface area contributed by atoms with Gasteiger partial charge in [0.25, 0.3) is 0 Å². The molecule has 0 radical (unpaired) electrons. The van der Waals surface area contributed by atoms with Gasteiger partial charge in [-0.15, -0.1) is 0 Å². The van der Waals surface area contributed by atoms with Crippen molar-refractivity contribution in [2.45, 2.75) is 65.3 Å². The monoisotopic (exact) mass is 360 g/mol. The molecule has 0 aromatic carbocycles. The molecule has 2 heterocycles. The van der Waals surface area contributed by atoms with E-state index in [-0.39, 0.29) is 28.9 Å². The van der Waals surface area contributed by atoms with Crippen LogP contribution < -0.4 is 0 Å². The van der Waals surface area contributed by atoms with Gasteiger partial charge in [-0.05, 0) is 55.4 Å². The number of allylic oxidation sites excluding steroid dienone is 1. The summed E-state index contributed by atoms with van der Waals surface area (Å²) in [4.78, 5) is 24.4. The van der Waals surface area contributed by atoms with E-state index in [1.54, 1.807) is 6.08 Å². The number of hydrogen-bond donors (Lipinski definition) is 0. The lowest BCUT2D eigenvalue weighted by molar-refractivity contribution is -0.155. The molecule has 0 amide bonds. The van der Waals surface area contributed by atoms with Gasteiger partial charge in [-0.2, -0.15) is 0 Å². The highest BCUT2D eigenvalue weighted by Crippen LogP contribution is 2.65. The molecular formula is C21H28O5. The van der Waals surface area contributed by atoms with Crippen LogP contribution in [0.15, 0.2) is 23.3 Å². The van der Waals surface area contributed by atoms with E-state index in [1.807, 2.05) is 0 Å². The van der Waals surface area contributed by atoms with Gasteiger partial charge in [0.05, 0.1) is 0 Å². The molecule has 1 saturated carbocycles. The molecule has 26 heavy (non-hydrogen) atoms. The number of esters is 2. The molecule has 0 aromatic heterocycles. The molecule has 4 aliphatic rings. The van der Waals surface area contributed by atoms with Crippen molar-refractivity contribution in [3.8, 4) is 0 Å². The average molecular weight is 360 g/mol. The number of carbonyl (C=O) groups is 2. The quantitative estimate of drug-likeness (QED) is 0.718. The maximum absolute atomic E-state index is 12.4. The Morgan fingerprint density at radius 3 is 2.69 bits per heavy atom. The summed E-state index contributed by atoms with van der Waals surface area (Å²) in [6.07, 6.45) is 7.78. The topological polar surface area (TPSA) is 61.8 Å². The number of methoxy groups -OCH3 is 1. The van der Waals surface area contributed by atoms with Crippen molar-refractivity contribution in [2.24, 2.45) is 22.7 Å². The van der Waals surface area contributed by atoms with Gasteiger partial charge in [0, 0.05) is 23.7 Å². The van der Waals surface area contributed by atoms with Gasteiger partial charge in [-0.25, -0.2) is 9.59 Å². The summed E-state index contributed by atoms with van der Waals surface area (Å²) in [6.45, 7) is 6.82. The number of hydrogen-bond acceptors (Lipinski definition) is 5. The second kappa shape index (κ2) is 5.95. The first-order valence-corrected chi connectivity index (χ1v) is 9.66. The molecule has 5 nitrogen and oxygen atoms in total. The zero-order chi connectivity index (χ0) is 18.7. The maximum atomic E-state index is 12.4. The molecule has 0 aromatic rings.